The van der Waals surface area contributed by atoms with Crippen molar-refractivity contribution in [2.45, 2.75) is 119 Å². The third kappa shape index (κ3) is 10.5. The number of benzene rings is 15. The molecule has 3 unspecified atom stereocenters. The van der Waals surface area contributed by atoms with E-state index >= 15 is 0 Å². The van der Waals surface area contributed by atoms with Gasteiger partial charge in [0.05, 0.1) is 0 Å². The van der Waals surface area contributed by atoms with E-state index in [-0.39, 0.29) is 27.1 Å². The first-order valence-electron chi connectivity index (χ1n) is 44.4. The Morgan fingerprint density at radius 2 is 0.608 bits per heavy atom. The molecule has 8 saturated carbocycles. The summed E-state index contributed by atoms with van der Waals surface area (Å²) in [6.07, 6.45) is 13.1. The van der Waals surface area contributed by atoms with Gasteiger partial charge in [-0.05, 0) is 320 Å². The summed E-state index contributed by atoms with van der Waals surface area (Å²) in [5, 5.41) is 4.97. The molecule has 3 nitrogen and oxygen atoms in total. The van der Waals surface area contributed by atoms with Crippen LogP contribution in [-0.2, 0) is 27.1 Å². The molecular formula is C116H96N2OS. The Kier molecular flexibility index (Phi) is 15.6. The summed E-state index contributed by atoms with van der Waals surface area (Å²) in [6, 6.07) is 133. The van der Waals surface area contributed by atoms with Crippen LogP contribution >= 0.6 is 11.3 Å². The zero-order valence-corrected chi connectivity index (χ0v) is 69.5. The number of hydrogen-bond acceptors (Lipinski definition) is 4. The van der Waals surface area contributed by atoms with E-state index in [2.05, 4.69) is 383 Å². The zero-order chi connectivity index (χ0) is 79.5. The maximum absolute atomic E-state index is 6.44. The lowest BCUT2D eigenvalue weighted by atomic mass is 9.35. The van der Waals surface area contributed by atoms with Gasteiger partial charge in [-0.25, -0.2) is 0 Å². The van der Waals surface area contributed by atoms with E-state index in [0.29, 0.717) is 29.6 Å². The average molecular weight is 1570 g/mol. The molecule has 2 spiro atoms. The number of furan rings is 1. The second-order valence-electron chi connectivity index (χ2n) is 38.5. The molecule has 0 amide bonds. The third-order valence-corrected chi connectivity index (χ3v) is 33.0. The Balaban J connectivity index is 0.545. The molecule has 2 aromatic heterocycles. The maximum Gasteiger partial charge on any atom is 0.136 e. The lowest BCUT2D eigenvalue weighted by Crippen LogP contribution is -2.63. The Morgan fingerprint density at radius 3 is 1.12 bits per heavy atom. The van der Waals surface area contributed by atoms with Crippen LogP contribution in [0.3, 0.4) is 0 Å². The first kappa shape index (κ1) is 70.9. The van der Waals surface area contributed by atoms with Gasteiger partial charge in [0.2, 0.25) is 0 Å². The van der Waals surface area contributed by atoms with Crippen LogP contribution in [0.2, 0.25) is 0 Å². The fourth-order valence-electron chi connectivity index (χ4n) is 26.9. The molecule has 15 aromatic carbocycles. The van der Waals surface area contributed by atoms with Gasteiger partial charge < -0.3 is 14.2 Å². The van der Waals surface area contributed by atoms with Gasteiger partial charge in [-0.3, -0.25) is 0 Å². The van der Waals surface area contributed by atoms with Crippen LogP contribution in [0.4, 0.5) is 34.1 Å². The fraction of sp³-hybridized carbons (Fsp3) is 0.224. The van der Waals surface area contributed by atoms with Crippen LogP contribution in [0.25, 0.3) is 97.7 Å². The van der Waals surface area contributed by atoms with E-state index in [0.717, 1.165) is 62.1 Å². The van der Waals surface area contributed by atoms with Crippen LogP contribution in [0.5, 0.6) is 0 Å². The Labute approximate surface area is 708 Å². The Bertz CT molecular complexity index is 6920. The minimum Gasteiger partial charge on any atom is -0.456 e. The Hall–Kier alpha value is -12.1. The second-order valence-corrected chi connectivity index (χ2v) is 39.5. The molecule has 27 rings (SSSR count). The average Bonchev–Trinajstić information content (AvgIpc) is 0.704. The lowest BCUT2D eigenvalue weighted by molar-refractivity contribution is -0.0634. The molecule has 582 valence electrons. The largest absolute Gasteiger partial charge is 0.456 e. The lowest BCUT2D eigenvalue weighted by Gasteiger charge is -2.68. The van der Waals surface area contributed by atoms with E-state index in [4.69, 9.17) is 4.42 Å². The second kappa shape index (κ2) is 26.5. The van der Waals surface area contributed by atoms with Crippen molar-refractivity contribution in [2.24, 2.45) is 41.4 Å². The summed E-state index contributed by atoms with van der Waals surface area (Å²) in [4.78, 5) is 5.07. The van der Waals surface area contributed by atoms with Crippen molar-refractivity contribution in [3.05, 3.63) is 396 Å². The van der Waals surface area contributed by atoms with Gasteiger partial charge in [0.25, 0.3) is 0 Å². The molecule has 0 aliphatic heterocycles. The van der Waals surface area contributed by atoms with Gasteiger partial charge in [0.15, 0.2) is 0 Å². The molecule has 10 aliphatic rings. The van der Waals surface area contributed by atoms with Crippen LogP contribution in [-0.4, -0.2) is 0 Å². The van der Waals surface area contributed by atoms with Crippen molar-refractivity contribution in [3.8, 4) is 55.6 Å². The number of rotatable bonds is 12. The van der Waals surface area contributed by atoms with Crippen LogP contribution in [0, 0.1) is 41.4 Å². The highest BCUT2D eigenvalue weighted by Gasteiger charge is 2.67. The number of fused-ring (bicyclic) bond motifs is 10. The molecule has 4 heteroatoms. The molecule has 8 fully saturated rings. The number of nitrogens with zero attached hydrogens (tertiary/aromatic N) is 2. The molecule has 2 heterocycles. The molecular weight excluding hydrogens is 1470 g/mol. The van der Waals surface area contributed by atoms with Crippen LogP contribution in [0.15, 0.2) is 350 Å². The van der Waals surface area contributed by atoms with Crippen LogP contribution < -0.4 is 9.80 Å². The van der Waals surface area contributed by atoms with Crippen molar-refractivity contribution < 1.29 is 4.42 Å². The smallest absolute Gasteiger partial charge is 0.136 e. The van der Waals surface area contributed by atoms with Crippen molar-refractivity contribution >= 4 is 87.6 Å². The molecule has 0 radical (unpaired) electrons. The molecule has 0 N–H and O–H groups in total. The predicted octanol–water partition coefficient (Wildman–Crippen LogP) is 31.3. The minimum absolute atomic E-state index is 0.0557. The normalized spacial score (nSPS) is 24.0. The first-order chi connectivity index (χ1) is 58.8. The summed E-state index contributed by atoms with van der Waals surface area (Å²) in [7, 11) is 0. The number of thiophene rings is 1. The summed E-state index contributed by atoms with van der Waals surface area (Å²) < 4.78 is 9.10. The molecule has 10 aliphatic carbocycles. The van der Waals surface area contributed by atoms with E-state index in [9.17, 15) is 0 Å². The van der Waals surface area contributed by atoms with Crippen molar-refractivity contribution in [2.75, 3.05) is 9.80 Å². The highest BCUT2D eigenvalue weighted by atomic mass is 32.1. The van der Waals surface area contributed by atoms with Crippen molar-refractivity contribution in [3.63, 3.8) is 0 Å². The summed E-state index contributed by atoms with van der Waals surface area (Å²) >= 11 is 1.89. The standard InChI is InChI=1S/C116H96N2OS/c1-112(2)100-20-10-12-22-102(100)115(86-59-72-58-73(61-86)62-87(115)60-72)104-56-52-94(67-106(104)112)117(92-48-36-81(37-49-92)83-40-54-97-96-18-8-14-24-108(96)119-109(97)65-83)91-46-34-80(35-47-91)78-30-42-85(43-31-78)114-69-74-63-88(70-114)116(89(64-74)71-114)103-23-13-11-21-101(103)113(3,4)107-68-95(53-57-105(107)116)118(90-44-32-79(33-45-90)77-28-26-76(27-29-77)75-16-6-5-7-17-75)93-50-38-82(39-51-93)84-41-55-99-98-19-9-15-25-110(98)120-111(99)66-84/h5-57,65-68,72-74,86-89H,58-64,69-71H2,1-4H3/t72?,73?,74?,86?,87?,88-,89+,114?,115?,116?. The third-order valence-electron chi connectivity index (χ3n) is 31.8. The van der Waals surface area contributed by atoms with Gasteiger partial charge >= 0.3 is 0 Å². The quantitative estimate of drug-likeness (QED) is 0.122. The van der Waals surface area contributed by atoms with E-state index in [1.807, 2.05) is 11.3 Å². The summed E-state index contributed by atoms with van der Waals surface area (Å²) in [6.45, 7) is 10.1. The minimum atomic E-state index is -0.244. The van der Waals surface area contributed by atoms with E-state index in [1.165, 1.54) is 174 Å². The van der Waals surface area contributed by atoms with Crippen molar-refractivity contribution in [1.29, 1.82) is 0 Å². The highest BCUT2D eigenvalue weighted by Crippen LogP contribution is 2.73. The van der Waals surface area contributed by atoms with Gasteiger partial charge in [-0.15, -0.1) is 11.3 Å². The van der Waals surface area contributed by atoms with E-state index in [1.54, 1.807) is 22.3 Å². The van der Waals surface area contributed by atoms with Gasteiger partial charge in [-0.1, -0.05) is 270 Å². The monoisotopic (exact) mass is 1560 g/mol. The zero-order valence-electron chi connectivity index (χ0n) is 68.7. The molecule has 5 atom stereocenters. The van der Waals surface area contributed by atoms with E-state index < -0.39 is 0 Å². The van der Waals surface area contributed by atoms with Gasteiger partial charge in [0, 0.05) is 86.7 Å². The molecule has 8 bridgehead atoms. The summed E-state index contributed by atoms with van der Waals surface area (Å²) in [5.41, 5.74) is 34.6. The maximum atomic E-state index is 6.44. The number of para-hydroxylation sites is 1. The Morgan fingerprint density at radius 1 is 0.250 bits per heavy atom. The highest BCUT2D eigenvalue weighted by molar-refractivity contribution is 7.25. The van der Waals surface area contributed by atoms with Crippen molar-refractivity contribution in [1.82, 2.24) is 0 Å². The fourth-order valence-corrected chi connectivity index (χ4v) is 28.1. The number of anilines is 6. The SMILES string of the molecule is CC1(C)c2ccccc2C2(c3ccc(N(c4ccc(-c5ccc(C67CC8C[C@H](C6)C6(c9ccccc9C(C)(C)c9cc(N(c%10ccc(-c%11ccc(-c%12ccccc%12)cc%11)cc%10)c%10ccc(-c%11ccc%12c(c%11)sc%11ccccc%11%12)cc%10)ccc96)[C@@H](C8)C7)cc5)cc4)c4ccc(-c5ccc6c(c5)oc5ccccc56)cc4)cc31)C1CC3CC(C1)CC2C3. The topological polar surface area (TPSA) is 19.6 Å². The molecule has 120 heavy (non-hydrogen) atoms. The van der Waals surface area contributed by atoms with Gasteiger partial charge in [0.1, 0.15) is 11.2 Å². The van der Waals surface area contributed by atoms with Crippen LogP contribution in [0.1, 0.15) is 142 Å². The first-order valence-corrected chi connectivity index (χ1v) is 45.2. The van der Waals surface area contributed by atoms with Gasteiger partial charge in [-0.2, -0.15) is 0 Å². The predicted molar refractivity (Wildman–Crippen MR) is 501 cm³/mol. The number of hydrogen-bond donors (Lipinski definition) is 0. The summed E-state index contributed by atoms with van der Waals surface area (Å²) in [5.74, 6) is 4.84. The molecule has 17 aromatic rings. The molecule has 0 saturated heterocycles.